The van der Waals surface area contributed by atoms with E-state index in [-0.39, 0.29) is 0 Å². The summed E-state index contributed by atoms with van der Waals surface area (Å²) in [4.78, 5) is 11.4. The topological polar surface area (TPSA) is 51.8 Å². The molecule has 2 heterocycles. The smallest absolute Gasteiger partial charge is 0.127 e. The van der Waals surface area contributed by atoms with Crippen molar-refractivity contribution in [1.82, 2.24) is 9.97 Å². The van der Waals surface area contributed by atoms with E-state index < -0.39 is 0 Å². The molecule has 0 atom stereocenters. The minimum atomic E-state index is 0.443. The number of thiophene rings is 1. The molecule has 2 N–H and O–H groups in total. The first-order valence-corrected chi connectivity index (χ1v) is 7.97. The normalized spacial score (nSPS) is 18.3. The van der Waals surface area contributed by atoms with Crippen molar-refractivity contribution in [3.8, 4) is 0 Å². The van der Waals surface area contributed by atoms with Gasteiger partial charge in [0.15, 0.2) is 0 Å². The second-order valence-corrected chi connectivity index (χ2v) is 7.38. The van der Waals surface area contributed by atoms with Gasteiger partial charge in [0.1, 0.15) is 10.7 Å². The number of allylic oxidation sites excluding steroid dienone is 2. The van der Waals surface area contributed by atoms with Crippen molar-refractivity contribution in [3.05, 3.63) is 28.5 Å². The molecule has 0 unspecified atom stereocenters. The van der Waals surface area contributed by atoms with E-state index in [1.165, 1.54) is 16.9 Å². The lowest BCUT2D eigenvalue weighted by Gasteiger charge is -2.28. The Morgan fingerprint density at radius 1 is 1.35 bits per heavy atom. The molecule has 0 aliphatic heterocycles. The summed E-state index contributed by atoms with van der Waals surface area (Å²) in [5.41, 5.74) is 8.68. The maximum atomic E-state index is 5.81. The Morgan fingerprint density at radius 3 is 2.80 bits per heavy atom. The third kappa shape index (κ3) is 2.50. The fourth-order valence-corrected chi connectivity index (χ4v) is 3.88. The predicted octanol–water partition coefficient (Wildman–Crippen LogP) is 4.05. The second-order valence-electron chi connectivity index (χ2n) is 6.35. The molecule has 0 saturated carbocycles. The molecule has 106 valence electrons. The van der Waals surface area contributed by atoms with Crippen LogP contribution < -0.4 is 5.73 Å². The Morgan fingerprint density at radius 2 is 2.15 bits per heavy atom. The minimum Gasteiger partial charge on any atom is -0.325 e. The van der Waals surface area contributed by atoms with E-state index in [2.05, 4.69) is 36.0 Å². The summed E-state index contributed by atoms with van der Waals surface area (Å²) in [6.07, 6.45) is 5.97. The SMILES string of the molecule is Cc1nc(CN)c2cc(C3=CCC(C)(C)CC3)sc2n1. The molecule has 2 aromatic heterocycles. The summed E-state index contributed by atoms with van der Waals surface area (Å²) < 4.78 is 0. The Labute approximate surface area is 123 Å². The number of nitrogens with two attached hydrogens (primary N) is 1. The zero-order chi connectivity index (χ0) is 14.3. The van der Waals surface area contributed by atoms with Gasteiger partial charge in [0.05, 0.1) is 5.69 Å². The van der Waals surface area contributed by atoms with Crippen molar-refractivity contribution in [2.45, 2.75) is 46.6 Å². The number of hydrogen-bond acceptors (Lipinski definition) is 4. The summed E-state index contributed by atoms with van der Waals surface area (Å²) in [6, 6.07) is 2.23. The van der Waals surface area contributed by atoms with E-state index in [1.807, 2.05) is 6.92 Å². The van der Waals surface area contributed by atoms with Crippen molar-refractivity contribution in [2.24, 2.45) is 11.1 Å². The minimum absolute atomic E-state index is 0.443. The molecule has 0 amide bonds. The van der Waals surface area contributed by atoms with Crippen LogP contribution in [-0.2, 0) is 6.54 Å². The van der Waals surface area contributed by atoms with Crippen molar-refractivity contribution in [3.63, 3.8) is 0 Å². The Balaban J connectivity index is 2.04. The predicted molar refractivity (Wildman–Crippen MR) is 85.7 cm³/mol. The largest absolute Gasteiger partial charge is 0.325 e. The van der Waals surface area contributed by atoms with Crippen LogP contribution in [0.3, 0.4) is 0 Å². The number of nitrogens with zero attached hydrogens (tertiary/aromatic N) is 2. The van der Waals surface area contributed by atoms with Crippen LogP contribution in [0.2, 0.25) is 0 Å². The molecular formula is C16H21N3S. The van der Waals surface area contributed by atoms with Crippen LogP contribution in [0, 0.1) is 12.3 Å². The molecule has 0 saturated heterocycles. The van der Waals surface area contributed by atoms with Crippen molar-refractivity contribution < 1.29 is 0 Å². The molecule has 0 radical (unpaired) electrons. The van der Waals surface area contributed by atoms with Gasteiger partial charge < -0.3 is 5.73 Å². The molecule has 1 aliphatic rings. The summed E-state index contributed by atoms with van der Waals surface area (Å²) in [6.45, 7) is 7.08. The van der Waals surface area contributed by atoms with Crippen molar-refractivity contribution in [1.29, 1.82) is 0 Å². The van der Waals surface area contributed by atoms with E-state index >= 15 is 0 Å². The molecule has 0 spiro atoms. The van der Waals surface area contributed by atoms with Crippen molar-refractivity contribution >= 4 is 27.1 Å². The lowest BCUT2D eigenvalue weighted by molar-refractivity contribution is 0.335. The second kappa shape index (κ2) is 4.93. The van der Waals surface area contributed by atoms with Crippen LogP contribution in [0.25, 0.3) is 15.8 Å². The van der Waals surface area contributed by atoms with E-state index in [4.69, 9.17) is 5.73 Å². The average Bonchev–Trinajstić information content (AvgIpc) is 2.81. The van der Waals surface area contributed by atoms with Crippen LogP contribution in [0.5, 0.6) is 0 Å². The highest BCUT2D eigenvalue weighted by atomic mass is 32.1. The highest BCUT2D eigenvalue weighted by Crippen LogP contribution is 2.41. The highest BCUT2D eigenvalue weighted by Gasteiger charge is 2.23. The highest BCUT2D eigenvalue weighted by molar-refractivity contribution is 7.19. The Kier molecular flexibility index (Phi) is 3.38. The van der Waals surface area contributed by atoms with E-state index in [0.717, 1.165) is 34.6 Å². The van der Waals surface area contributed by atoms with Crippen LogP contribution in [0.15, 0.2) is 12.1 Å². The number of fused-ring (bicyclic) bond motifs is 1. The fraction of sp³-hybridized carbons (Fsp3) is 0.500. The number of aromatic nitrogens is 2. The molecule has 3 nitrogen and oxygen atoms in total. The molecule has 0 bridgehead atoms. The summed E-state index contributed by atoms with van der Waals surface area (Å²) in [5.74, 6) is 0.810. The monoisotopic (exact) mass is 287 g/mol. The summed E-state index contributed by atoms with van der Waals surface area (Å²) in [7, 11) is 0. The lowest BCUT2D eigenvalue weighted by Crippen LogP contribution is -2.13. The maximum absolute atomic E-state index is 5.81. The quantitative estimate of drug-likeness (QED) is 0.906. The Bertz CT molecular complexity index is 682. The van der Waals surface area contributed by atoms with Crippen LogP contribution in [0.1, 0.15) is 49.5 Å². The first kappa shape index (κ1) is 13.7. The number of aryl methyl sites for hydroxylation is 1. The van der Waals surface area contributed by atoms with Gasteiger partial charge in [0.2, 0.25) is 0 Å². The van der Waals surface area contributed by atoms with Gasteiger partial charge in [0.25, 0.3) is 0 Å². The van der Waals surface area contributed by atoms with Crippen LogP contribution in [0.4, 0.5) is 0 Å². The number of rotatable bonds is 2. The van der Waals surface area contributed by atoms with E-state index in [0.29, 0.717) is 12.0 Å². The number of hydrogen-bond donors (Lipinski definition) is 1. The molecule has 0 aromatic carbocycles. The average molecular weight is 287 g/mol. The zero-order valence-corrected chi connectivity index (χ0v) is 13.2. The standard InChI is InChI=1S/C16H21N3S/c1-10-18-13(9-17)12-8-14(20-15(12)19-10)11-4-6-16(2,3)7-5-11/h4,8H,5-7,9,17H2,1-3H3. The van der Waals surface area contributed by atoms with E-state index in [9.17, 15) is 0 Å². The van der Waals surface area contributed by atoms with Crippen LogP contribution >= 0.6 is 11.3 Å². The molecule has 2 aromatic rings. The van der Waals surface area contributed by atoms with Gasteiger partial charge >= 0.3 is 0 Å². The first-order valence-electron chi connectivity index (χ1n) is 7.15. The molecule has 1 aliphatic carbocycles. The van der Waals surface area contributed by atoms with Gasteiger partial charge in [-0.05, 0) is 43.2 Å². The van der Waals surface area contributed by atoms with Gasteiger partial charge in [-0.15, -0.1) is 11.3 Å². The zero-order valence-electron chi connectivity index (χ0n) is 12.4. The lowest BCUT2D eigenvalue weighted by atomic mass is 9.78. The summed E-state index contributed by atoms with van der Waals surface area (Å²) in [5, 5.41) is 1.13. The third-order valence-electron chi connectivity index (χ3n) is 4.07. The molecule has 0 fully saturated rings. The van der Waals surface area contributed by atoms with Gasteiger partial charge in [0, 0.05) is 16.8 Å². The first-order chi connectivity index (χ1) is 9.48. The van der Waals surface area contributed by atoms with Gasteiger partial charge in [-0.3, -0.25) is 0 Å². The molecule has 3 rings (SSSR count). The van der Waals surface area contributed by atoms with Crippen LogP contribution in [-0.4, -0.2) is 9.97 Å². The van der Waals surface area contributed by atoms with Gasteiger partial charge in [-0.25, -0.2) is 9.97 Å². The van der Waals surface area contributed by atoms with Gasteiger partial charge in [-0.1, -0.05) is 19.9 Å². The maximum Gasteiger partial charge on any atom is 0.127 e. The molecule has 20 heavy (non-hydrogen) atoms. The summed E-state index contributed by atoms with van der Waals surface area (Å²) >= 11 is 1.77. The third-order valence-corrected chi connectivity index (χ3v) is 5.17. The van der Waals surface area contributed by atoms with Crippen molar-refractivity contribution in [2.75, 3.05) is 0 Å². The fourth-order valence-electron chi connectivity index (χ4n) is 2.71. The van der Waals surface area contributed by atoms with Gasteiger partial charge in [-0.2, -0.15) is 0 Å². The van der Waals surface area contributed by atoms with E-state index in [1.54, 1.807) is 11.3 Å². The Hall–Kier alpha value is -1.26. The molecular weight excluding hydrogens is 266 g/mol. The molecule has 4 heteroatoms.